The fourth-order valence-corrected chi connectivity index (χ4v) is 2.31. The first kappa shape index (κ1) is 13.3. The third kappa shape index (κ3) is 2.51. The third-order valence-electron chi connectivity index (χ3n) is 2.89. The average molecular weight is 282 g/mol. The summed E-state index contributed by atoms with van der Waals surface area (Å²) in [5.41, 5.74) is 2.43. The highest BCUT2D eigenvalue weighted by Gasteiger charge is 2.17. The van der Waals surface area contributed by atoms with Crippen molar-refractivity contribution < 1.29 is 5.11 Å². The topological polar surface area (TPSA) is 33.1 Å². The van der Waals surface area contributed by atoms with Gasteiger partial charge >= 0.3 is 0 Å². The fourth-order valence-electron chi connectivity index (χ4n) is 1.90. The van der Waals surface area contributed by atoms with Crippen molar-refractivity contribution in [1.82, 2.24) is 4.98 Å². The Hall–Kier alpha value is -1.09. The second-order valence-electron chi connectivity index (χ2n) is 3.97. The molecule has 1 unspecified atom stereocenters. The Labute approximate surface area is 116 Å². The Morgan fingerprint density at radius 2 is 2.00 bits per heavy atom. The molecule has 1 aromatic heterocycles. The van der Waals surface area contributed by atoms with E-state index in [2.05, 4.69) is 4.98 Å². The van der Waals surface area contributed by atoms with Crippen molar-refractivity contribution >= 4 is 23.2 Å². The van der Waals surface area contributed by atoms with Crippen LogP contribution >= 0.6 is 23.2 Å². The first-order valence-corrected chi connectivity index (χ1v) is 6.45. The maximum absolute atomic E-state index is 10.4. The molecule has 0 aliphatic carbocycles. The normalized spacial score (nSPS) is 12.4. The molecule has 2 aromatic rings. The molecule has 1 heterocycles. The van der Waals surface area contributed by atoms with Gasteiger partial charge in [0.25, 0.3) is 0 Å². The summed E-state index contributed by atoms with van der Waals surface area (Å²) in [6, 6.07) is 7.06. The summed E-state index contributed by atoms with van der Waals surface area (Å²) in [4.78, 5) is 4.06. The van der Waals surface area contributed by atoms with E-state index in [1.807, 2.05) is 6.92 Å². The van der Waals surface area contributed by atoms with Crippen LogP contribution in [0.25, 0.3) is 0 Å². The minimum absolute atomic E-state index is 0.394. The van der Waals surface area contributed by atoms with Crippen molar-refractivity contribution in [3.8, 4) is 0 Å². The summed E-state index contributed by atoms with van der Waals surface area (Å²) in [6.07, 6.45) is 3.44. The average Bonchev–Trinajstić information content (AvgIpc) is 2.41. The van der Waals surface area contributed by atoms with Gasteiger partial charge in [-0.2, -0.15) is 0 Å². The highest BCUT2D eigenvalue weighted by molar-refractivity contribution is 6.42. The number of benzene rings is 1. The Bertz CT molecular complexity index is 557. The van der Waals surface area contributed by atoms with Crippen molar-refractivity contribution in [3.63, 3.8) is 0 Å². The number of aliphatic hydroxyl groups is 1. The van der Waals surface area contributed by atoms with E-state index in [1.165, 1.54) is 0 Å². The number of rotatable bonds is 3. The molecule has 0 saturated carbocycles. The van der Waals surface area contributed by atoms with Gasteiger partial charge in [0, 0.05) is 18.0 Å². The first-order chi connectivity index (χ1) is 8.65. The van der Waals surface area contributed by atoms with Crippen LogP contribution in [0.3, 0.4) is 0 Å². The highest BCUT2D eigenvalue weighted by Crippen LogP contribution is 2.34. The molecule has 0 amide bonds. The molecule has 18 heavy (non-hydrogen) atoms. The minimum Gasteiger partial charge on any atom is -0.384 e. The van der Waals surface area contributed by atoms with E-state index < -0.39 is 6.10 Å². The highest BCUT2D eigenvalue weighted by atomic mass is 35.5. The minimum atomic E-state index is -0.783. The number of nitrogens with zero attached hydrogens (tertiary/aromatic N) is 1. The van der Waals surface area contributed by atoms with Crippen molar-refractivity contribution in [1.29, 1.82) is 0 Å². The Balaban J connectivity index is 2.48. The summed E-state index contributed by atoms with van der Waals surface area (Å²) in [5, 5.41) is 11.3. The number of hydrogen-bond donors (Lipinski definition) is 1. The van der Waals surface area contributed by atoms with Gasteiger partial charge in [-0.05, 0) is 29.7 Å². The summed E-state index contributed by atoms with van der Waals surface area (Å²) in [6.45, 7) is 2.02. The summed E-state index contributed by atoms with van der Waals surface area (Å²) >= 11 is 12.1. The van der Waals surface area contributed by atoms with Crippen LogP contribution in [0.2, 0.25) is 10.0 Å². The molecule has 4 heteroatoms. The van der Waals surface area contributed by atoms with Gasteiger partial charge in [0.2, 0.25) is 0 Å². The molecular formula is C14H13Cl2NO. The van der Waals surface area contributed by atoms with E-state index in [4.69, 9.17) is 23.2 Å². The lowest BCUT2D eigenvalue weighted by Gasteiger charge is -2.16. The molecule has 0 radical (unpaired) electrons. The molecule has 0 fully saturated rings. The zero-order chi connectivity index (χ0) is 13.1. The van der Waals surface area contributed by atoms with E-state index in [1.54, 1.807) is 36.7 Å². The van der Waals surface area contributed by atoms with Crippen LogP contribution in [0.1, 0.15) is 29.7 Å². The number of halogens is 2. The monoisotopic (exact) mass is 281 g/mol. The molecule has 2 nitrogen and oxygen atoms in total. The van der Waals surface area contributed by atoms with Crippen molar-refractivity contribution in [3.05, 3.63) is 63.4 Å². The molecule has 1 aromatic carbocycles. The Morgan fingerprint density at radius 1 is 1.22 bits per heavy atom. The van der Waals surface area contributed by atoms with Crippen LogP contribution in [0, 0.1) is 0 Å². The first-order valence-electron chi connectivity index (χ1n) is 5.70. The molecule has 0 aliphatic heterocycles. The lowest BCUT2D eigenvalue weighted by Crippen LogP contribution is -2.04. The third-order valence-corrected chi connectivity index (χ3v) is 3.73. The van der Waals surface area contributed by atoms with E-state index in [-0.39, 0.29) is 0 Å². The standard InChI is InChI=1S/C14H13Cl2NO/c1-2-9-8-17-7-6-10(9)14(18)11-4-3-5-12(15)13(11)16/h3-8,14,18H,2H2,1H3. The SMILES string of the molecule is CCc1cnccc1C(O)c1cccc(Cl)c1Cl. The number of aromatic nitrogens is 1. The fraction of sp³-hybridized carbons (Fsp3) is 0.214. The number of pyridine rings is 1. The van der Waals surface area contributed by atoms with Crippen molar-refractivity contribution in [2.24, 2.45) is 0 Å². The Morgan fingerprint density at radius 3 is 2.72 bits per heavy atom. The van der Waals surface area contributed by atoms with Crippen LogP contribution in [-0.4, -0.2) is 10.1 Å². The van der Waals surface area contributed by atoms with Crippen LogP contribution in [-0.2, 0) is 6.42 Å². The number of aliphatic hydroxyl groups excluding tert-OH is 1. The summed E-state index contributed by atoms with van der Waals surface area (Å²) < 4.78 is 0. The van der Waals surface area contributed by atoms with Gasteiger partial charge in [0.05, 0.1) is 10.0 Å². The van der Waals surface area contributed by atoms with Crippen molar-refractivity contribution in [2.45, 2.75) is 19.4 Å². The predicted octanol–water partition coefficient (Wildman–Crippen LogP) is 4.03. The van der Waals surface area contributed by atoms with E-state index in [0.717, 1.165) is 17.5 Å². The number of aryl methyl sites for hydroxylation is 1. The van der Waals surface area contributed by atoms with Crippen LogP contribution < -0.4 is 0 Å². The second kappa shape index (κ2) is 5.70. The molecule has 94 valence electrons. The van der Waals surface area contributed by atoms with Gasteiger partial charge in [-0.1, -0.05) is 42.3 Å². The van der Waals surface area contributed by atoms with Gasteiger partial charge in [-0.25, -0.2) is 0 Å². The molecular weight excluding hydrogens is 269 g/mol. The molecule has 0 aliphatic rings. The molecule has 0 saturated heterocycles. The zero-order valence-corrected chi connectivity index (χ0v) is 11.4. The van der Waals surface area contributed by atoms with E-state index >= 15 is 0 Å². The van der Waals surface area contributed by atoms with Crippen LogP contribution in [0.4, 0.5) is 0 Å². The van der Waals surface area contributed by atoms with Gasteiger partial charge in [0.1, 0.15) is 6.10 Å². The van der Waals surface area contributed by atoms with E-state index in [0.29, 0.717) is 15.6 Å². The predicted molar refractivity (Wildman–Crippen MR) is 74.1 cm³/mol. The van der Waals surface area contributed by atoms with E-state index in [9.17, 15) is 5.11 Å². The summed E-state index contributed by atoms with van der Waals surface area (Å²) in [7, 11) is 0. The van der Waals surface area contributed by atoms with Crippen LogP contribution in [0.5, 0.6) is 0 Å². The van der Waals surface area contributed by atoms with Gasteiger partial charge in [-0.15, -0.1) is 0 Å². The van der Waals surface area contributed by atoms with Crippen molar-refractivity contribution in [2.75, 3.05) is 0 Å². The molecule has 0 bridgehead atoms. The molecule has 1 N–H and O–H groups in total. The smallest absolute Gasteiger partial charge is 0.106 e. The Kier molecular flexibility index (Phi) is 4.23. The summed E-state index contributed by atoms with van der Waals surface area (Å²) in [5.74, 6) is 0. The molecule has 2 rings (SSSR count). The lowest BCUT2D eigenvalue weighted by atomic mass is 9.97. The second-order valence-corrected chi connectivity index (χ2v) is 4.76. The lowest BCUT2D eigenvalue weighted by molar-refractivity contribution is 0.219. The van der Waals surface area contributed by atoms with Gasteiger partial charge in [0.15, 0.2) is 0 Å². The quantitative estimate of drug-likeness (QED) is 0.921. The van der Waals surface area contributed by atoms with Gasteiger partial charge in [-0.3, -0.25) is 4.98 Å². The zero-order valence-electron chi connectivity index (χ0n) is 9.90. The number of hydrogen-bond acceptors (Lipinski definition) is 2. The molecule has 0 spiro atoms. The van der Waals surface area contributed by atoms with Gasteiger partial charge < -0.3 is 5.11 Å². The largest absolute Gasteiger partial charge is 0.384 e. The van der Waals surface area contributed by atoms with Crippen LogP contribution in [0.15, 0.2) is 36.7 Å². The maximum Gasteiger partial charge on any atom is 0.106 e. The maximum atomic E-state index is 10.4. The molecule has 1 atom stereocenters.